The Labute approximate surface area is 264 Å². The van der Waals surface area contributed by atoms with Gasteiger partial charge in [0.2, 0.25) is 5.91 Å². The minimum atomic E-state index is -4.24. The number of alkyl halides is 3. The van der Waals surface area contributed by atoms with Gasteiger partial charge in [-0.2, -0.15) is 18.4 Å². The van der Waals surface area contributed by atoms with Crippen molar-refractivity contribution < 1.29 is 27.5 Å². The maximum atomic E-state index is 13.8. The van der Waals surface area contributed by atoms with E-state index >= 15 is 0 Å². The number of rotatable bonds is 5. The number of halogens is 5. The summed E-state index contributed by atoms with van der Waals surface area (Å²) in [6.07, 6.45) is -2.45. The van der Waals surface area contributed by atoms with E-state index in [9.17, 15) is 22.8 Å². The molecule has 1 aromatic carbocycles. The molecule has 3 fully saturated rings. The Morgan fingerprint density at radius 2 is 1.73 bits per heavy atom. The summed E-state index contributed by atoms with van der Waals surface area (Å²) in [5, 5.41) is 9.78. The van der Waals surface area contributed by atoms with Gasteiger partial charge in [0.15, 0.2) is 0 Å². The number of nitrogens with zero attached hydrogens (tertiary/aromatic N) is 5. The number of likely N-dealkylation sites (tertiary alicyclic amines) is 1. The Morgan fingerprint density at radius 1 is 1.02 bits per heavy atom. The summed E-state index contributed by atoms with van der Waals surface area (Å²) in [7, 11) is 1.61. The lowest BCUT2D eigenvalue weighted by atomic mass is 9.87. The topological polar surface area (TPSA) is 89.8 Å². The van der Waals surface area contributed by atoms with Crippen LogP contribution in [-0.4, -0.2) is 78.3 Å². The highest BCUT2D eigenvalue weighted by molar-refractivity contribution is 6.42. The lowest BCUT2D eigenvalue weighted by Crippen LogP contribution is -2.45. The van der Waals surface area contributed by atoms with Crippen molar-refractivity contribution in [1.29, 1.82) is 5.26 Å². The Hall–Kier alpha value is -3.23. The number of piperidine rings is 1. The van der Waals surface area contributed by atoms with Crippen LogP contribution in [0.1, 0.15) is 55.6 Å². The van der Waals surface area contributed by atoms with Gasteiger partial charge in [-0.15, -0.1) is 0 Å². The molecule has 2 aliphatic heterocycles. The fraction of sp³-hybridized carbons (Fsp3) is 0.548. The van der Waals surface area contributed by atoms with Crippen LogP contribution < -0.4 is 4.90 Å². The van der Waals surface area contributed by atoms with Crippen LogP contribution in [0.25, 0.3) is 0 Å². The van der Waals surface area contributed by atoms with E-state index in [0.717, 1.165) is 11.4 Å². The summed E-state index contributed by atoms with van der Waals surface area (Å²) in [4.78, 5) is 36.8. The third-order valence-corrected chi connectivity index (χ3v) is 9.95. The summed E-state index contributed by atoms with van der Waals surface area (Å²) in [5.74, 6) is -1.05. The Kier molecular flexibility index (Phi) is 9.80. The molecule has 236 valence electrons. The van der Waals surface area contributed by atoms with Gasteiger partial charge in [0.05, 0.1) is 27.6 Å². The molecule has 5 rings (SSSR count). The van der Waals surface area contributed by atoms with E-state index in [-0.39, 0.29) is 50.0 Å². The number of ether oxygens (including phenoxy) is 1. The molecule has 1 saturated carbocycles. The molecule has 3 aliphatic rings. The molecule has 0 bridgehead atoms. The summed E-state index contributed by atoms with van der Waals surface area (Å²) in [6.45, 7) is 1.94. The van der Waals surface area contributed by atoms with Gasteiger partial charge in [-0.25, -0.2) is 9.78 Å². The fourth-order valence-corrected chi connectivity index (χ4v) is 6.86. The second-order valence-electron chi connectivity index (χ2n) is 11.9. The average Bonchev–Trinajstić information content (AvgIpc) is 3.47. The van der Waals surface area contributed by atoms with E-state index in [1.165, 1.54) is 11.1 Å². The first-order chi connectivity index (χ1) is 20.9. The molecule has 8 nitrogen and oxygen atoms in total. The third-order valence-electron chi connectivity index (χ3n) is 9.21. The predicted molar refractivity (Wildman–Crippen MR) is 160 cm³/mol. The van der Waals surface area contributed by atoms with E-state index in [2.05, 4.69) is 16.0 Å². The van der Waals surface area contributed by atoms with Crippen molar-refractivity contribution in [2.75, 3.05) is 38.1 Å². The number of carbonyl (C=O) groups excluding carboxylic acids is 2. The quantitative estimate of drug-likeness (QED) is 0.359. The van der Waals surface area contributed by atoms with Crippen LogP contribution in [0.3, 0.4) is 0 Å². The summed E-state index contributed by atoms with van der Waals surface area (Å²) in [6, 6.07) is 10.4. The molecule has 1 aromatic heterocycles. The highest BCUT2D eigenvalue weighted by Crippen LogP contribution is 2.39. The number of pyridine rings is 1. The maximum Gasteiger partial charge on any atom is 0.410 e. The number of aromatic nitrogens is 1. The molecule has 1 aliphatic carbocycles. The van der Waals surface area contributed by atoms with Crippen LogP contribution in [0.4, 0.5) is 23.8 Å². The minimum absolute atomic E-state index is 0.0113. The monoisotopic (exact) mass is 651 g/mol. The largest absolute Gasteiger partial charge is 0.446 e. The standard InChI is InChI=1S/C31H34Cl2F3N5O3/c1-39(30(43)44-23-6-4-22(5-7-23)31(34,35)36)27-18-41(17-24(27)21-3-8-25(32)26(33)14-21)29(42)20-10-12-40(13-11-20)28-9-2-19(15-37)16-38-28/h2-3,8-9,14,16,20,22-24,27H,4-7,10-13,17-18H2,1H3. The van der Waals surface area contributed by atoms with E-state index in [1.807, 2.05) is 12.1 Å². The lowest BCUT2D eigenvalue weighted by molar-refractivity contribution is -0.186. The number of amides is 2. The molecule has 0 N–H and O–H groups in total. The second-order valence-corrected chi connectivity index (χ2v) is 12.7. The van der Waals surface area contributed by atoms with Crippen molar-refractivity contribution >= 4 is 41.0 Å². The van der Waals surface area contributed by atoms with Gasteiger partial charge >= 0.3 is 12.3 Å². The number of carbonyl (C=O) groups is 2. The average molecular weight is 653 g/mol. The first-order valence-electron chi connectivity index (χ1n) is 14.8. The second kappa shape index (κ2) is 13.4. The van der Waals surface area contributed by atoms with Gasteiger partial charge in [-0.05, 0) is 68.4 Å². The lowest BCUT2D eigenvalue weighted by Gasteiger charge is -2.34. The molecule has 13 heteroatoms. The van der Waals surface area contributed by atoms with Crippen LogP contribution in [0.2, 0.25) is 10.0 Å². The molecule has 3 heterocycles. The number of hydrogen-bond donors (Lipinski definition) is 0. The molecule has 2 atom stereocenters. The number of benzene rings is 1. The van der Waals surface area contributed by atoms with Crippen molar-refractivity contribution in [1.82, 2.24) is 14.8 Å². The molecule has 2 unspecified atom stereocenters. The summed E-state index contributed by atoms with van der Waals surface area (Å²) in [5.41, 5.74) is 1.31. The minimum Gasteiger partial charge on any atom is -0.446 e. The Morgan fingerprint density at radius 3 is 2.32 bits per heavy atom. The molecular formula is C31H34Cl2F3N5O3. The fourth-order valence-electron chi connectivity index (χ4n) is 6.55. The van der Waals surface area contributed by atoms with Crippen LogP contribution in [0.5, 0.6) is 0 Å². The molecular weight excluding hydrogens is 618 g/mol. The molecule has 44 heavy (non-hydrogen) atoms. The van der Waals surface area contributed by atoms with Crippen molar-refractivity contribution in [2.24, 2.45) is 11.8 Å². The molecule has 2 amide bonds. The van der Waals surface area contributed by atoms with Gasteiger partial charge in [0.1, 0.15) is 18.0 Å². The number of hydrogen-bond acceptors (Lipinski definition) is 6. The zero-order chi connectivity index (χ0) is 31.6. The van der Waals surface area contributed by atoms with Crippen LogP contribution in [-0.2, 0) is 9.53 Å². The molecule has 2 saturated heterocycles. The van der Waals surface area contributed by atoms with Crippen molar-refractivity contribution in [2.45, 2.75) is 62.8 Å². The SMILES string of the molecule is CN(C(=O)OC1CCC(C(F)(F)F)CC1)C1CN(C(=O)C2CCN(c3ccc(C#N)cn3)CC2)CC1c1ccc(Cl)c(Cl)c1. The van der Waals surface area contributed by atoms with Crippen molar-refractivity contribution in [3.05, 3.63) is 57.7 Å². The highest BCUT2D eigenvalue weighted by Gasteiger charge is 2.44. The zero-order valence-corrected chi connectivity index (χ0v) is 25.8. The van der Waals surface area contributed by atoms with E-state index < -0.39 is 30.3 Å². The van der Waals surface area contributed by atoms with Crippen LogP contribution in [0, 0.1) is 23.2 Å². The Bertz CT molecular complexity index is 1390. The molecule has 2 aromatic rings. The van der Waals surface area contributed by atoms with E-state index in [4.69, 9.17) is 33.2 Å². The van der Waals surface area contributed by atoms with E-state index in [1.54, 1.807) is 30.1 Å². The third kappa shape index (κ3) is 7.18. The molecule has 0 radical (unpaired) electrons. The Balaban J connectivity index is 1.25. The normalized spacial score (nSPS) is 24.6. The first kappa shape index (κ1) is 32.2. The highest BCUT2D eigenvalue weighted by atomic mass is 35.5. The summed E-state index contributed by atoms with van der Waals surface area (Å²) >= 11 is 12.5. The van der Waals surface area contributed by atoms with Gasteiger partial charge in [0, 0.05) is 51.3 Å². The maximum absolute atomic E-state index is 13.8. The predicted octanol–water partition coefficient (Wildman–Crippen LogP) is 6.66. The van der Waals surface area contributed by atoms with Gasteiger partial charge in [-0.3, -0.25) is 4.79 Å². The van der Waals surface area contributed by atoms with Crippen LogP contribution >= 0.6 is 23.2 Å². The van der Waals surface area contributed by atoms with Gasteiger partial charge in [-0.1, -0.05) is 29.3 Å². The summed E-state index contributed by atoms with van der Waals surface area (Å²) < 4.78 is 45.0. The number of anilines is 1. The number of likely N-dealkylation sites (N-methyl/N-ethyl adjacent to an activating group) is 1. The first-order valence-corrected chi connectivity index (χ1v) is 15.5. The van der Waals surface area contributed by atoms with Gasteiger partial charge < -0.3 is 19.4 Å². The van der Waals surface area contributed by atoms with Crippen molar-refractivity contribution in [3.8, 4) is 6.07 Å². The van der Waals surface area contributed by atoms with Crippen molar-refractivity contribution in [3.63, 3.8) is 0 Å². The smallest absolute Gasteiger partial charge is 0.410 e. The van der Waals surface area contributed by atoms with E-state index in [0.29, 0.717) is 48.1 Å². The van der Waals surface area contributed by atoms with Gasteiger partial charge in [0.25, 0.3) is 0 Å². The zero-order valence-electron chi connectivity index (χ0n) is 24.3. The molecule has 0 spiro atoms. The number of nitriles is 1. The van der Waals surface area contributed by atoms with Crippen LogP contribution in [0.15, 0.2) is 36.5 Å².